The number of carbonyl (C=O) groups excluding carboxylic acids is 1. The monoisotopic (exact) mass is 315 g/mol. The number of ether oxygens (including phenoxy) is 2. The lowest BCUT2D eigenvalue weighted by Crippen LogP contribution is -2.12. The highest BCUT2D eigenvalue weighted by Gasteiger charge is 2.09. The Kier molecular flexibility index (Phi) is 5.80. The van der Waals surface area contributed by atoms with Gasteiger partial charge in [0.2, 0.25) is 0 Å². The number of aromatic nitrogens is 1. The van der Waals surface area contributed by atoms with E-state index in [0.717, 1.165) is 18.8 Å². The zero-order valence-electron chi connectivity index (χ0n) is 13.6. The van der Waals surface area contributed by atoms with Crippen LogP contribution in [-0.2, 0) is 0 Å². The number of anilines is 2. The van der Waals surface area contributed by atoms with Gasteiger partial charge in [0.25, 0.3) is 5.91 Å². The minimum atomic E-state index is -0.230. The van der Waals surface area contributed by atoms with E-state index in [4.69, 9.17) is 9.47 Å². The normalized spacial score (nSPS) is 10.0. The summed E-state index contributed by atoms with van der Waals surface area (Å²) in [4.78, 5) is 16.5. The first-order valence-corrected chi connectivity index (χ1v) is 7.41. The van der Waals surface area contributed by atoms with Gasteiger partial charge in [-0.15, -0.1) is 0 Å². The van der Waals surface area contributed by atoms with Crippen LogP contribution in [0.3, 0.4) is 0 Å². The van der Waals surface area contributed by atoms with Crippen molar-refractivity contribution in [2.24, 2.45) is 0 Å². The van der Waals surface area contributed by atoms with Crippen LogP contribution < -0.4 is 20.1 Å². The standard InChI is InChI=1S/C17H21N3O3/c1-4-9-18-16-8-5-12(11-19-16)17(21)20-13-6-7-14(22-2)15(10-13)23-3/h5-8,10-11H,4,9H2,1-3H3,(H,18,19)(H,20,21). The van der Waals surface area contributed by atoms with Gasteiger partial charge in [-0.05, 0) is 30.7 Å². The number of benzene rings is 1. The number of hydrogen-bond donors (Lipinski definition) is 2. The maximum absolute atomic E-state index is 12.2. The molecule has 0 radical (unpaired) electrons. The highest BCUT2D eigenvalue weighted by Crippen LogP contribution is 2.29. The second-order valence-electron chi connectivity index (χ2n) is 4.88. The molecule has 0 aliphatic heterocycles. The predicted molar refractivity (Wildman–Crippen MR) is 90.5 cm³/mol. The number of pyridine rings is 1. The Labute approximate surface area is 135 Å². The lowest BCUT2D eigenvalue weighted by Gasteiger charge is -2.11. The van der Waals surface area contributed by atoms with Gasteiger partial charge in [0.1, 0.15) is 5.82 Å². The molecule has 2 rings (SSSR count). The summed E-state index contributed by atoms with van der Waals surface area (Å²) < 4.78 is 10.4. The smallest absolute Gasteiger partial charge is 0.257 e. The van der Waals surface area contributed by atoms with Crippen LogP contribution in [0.2, 0.25) is 0 Å². The van der Waals surface area contributed by atoms with Gasteiger partial charge in [0.15, 0.2) is 11.5 Å². The third-order valence-corrected chi connectivity index (χ3v) is 3.22. The van der Waals surface area contributed by atoms with Crippen LogP contribution in [0.1, 0.15) is 23.7 Å². The first kappa shape index (κ1) is 16.6. The van der Waals surface area contributed by atoms with E-state index in [0.29, 0.717) is 22.7 Å². The summed E-state index contributed by atoms with van der Waals surface area (Å²) in [5, 5.41) is 5.98. The largest absolute Gasteiger partial charge is 0.493 e. The summed E-state index contributed by atoms with van der Waals surface area (Å²) in [5.41, 5.74) is 1.11. The van der Waals surface area contributed by atoms with Gasteiger partial charge in [-0.2, -0.15) is 0 Å². The molecule has 1 heterocycles. The van der Waals surface area contributed by atoms with E-state index < -0.39 is 0 Å². The van der Waals surface area contributed by atoms with Crippen LogP contribution in [-0.4, -0.2) is 31.7 Å². The van der Waals surface area contributed by atoms with Crippen molar-refractivity contribution in [3.63, 3.8) is 0 Å². The van der Waals surface area contributed by atoms with Crippen molar-refractivity contribution in [2.75, 3.05) is 31.4 Å². The fourth-order valence-electron chi connectivity index (χ4n) is 2.00. The third-order valence-electron chi connectivity index (χ3n) is 3.22. The maximum Gasteiger partial charge on any atom is 0.257 e. The highest BCUT2D eigenvalue weighted by atomic mass is 16.5. The summed E-state index contributed by atoms with van der Waals surface area (Å²) >= 11 is 0. The Balaban J connectivity index is 2.06. The predicted octanol–water partition coefficient (Wildman–Crippen LogP) is 3.17. The maximum atomic E-state index is 12.2. The Morgan fingerprint density at radius 2 is 1.91 bits per heavy atom. The number of carbonyl (C=O) groups is 1. The number of hydrogen-bond acceptors (Lipinski definition) is 5. The molecular weight excluding hydrogens is 294 g/mol. The Hall–Kier alpha value is -2.76. The van der Waals surface area contributed by atoms with Crippen molar-refractivity contribution in [3.8, 4) is 11.5 Å². The Morgan fingerprint density at radius 3 is 2.52 bits per heavy atom. The molecule has 2 N–H and O–H groups in total. The summed E-state index contributed by atoms with van der Waals surface area (Å²) in [7, 11) is 3.12. The molecule has 0 aliphatic rings. The molecule has 2 aromatic rings. The molecule has 0 saturated carbocycles. The minimum Gasteiger partial charge on any atom is -0.493 e. The second-order valence-corrected chi connectivity index (χ2v) is 4.88. The van der Waals surface area contributed by atoms with E-state index in [1.165, 1.54) is 0 Å². The van der Waals surface area contributed by atoms with Crippen molar-refractivity contribution in [3.05, 3.63) is 42.1 Å². The van der Waals surface area contributed by atoms with Crippen LogP contribution in [0.4, 0.5) is 11.5 Å². The van der Waals surface area contributed by atoms with E-state index in [9.17, 15) is 4.79 Å². The molecular formula is C17H21N3O3. The van der Waals surface area contributed by atoms with Crippen molar-refractivity contribution < 1.29 is 14.3 Å². The van der Waals surface area contributed by atoms with Gasteiger partial charge in [-0.3, -0.25) is 4.79 Å². The van der Waals surface area contributed by atoms with Crippen LogP contribution >= 0.6 is 0 Å². The molecule has 1 amide bonds. The molecule has 6 nitrogen and oxygen atoms in total. The molecule has 0 fully saturated rings. The van der Waals surface area contributed by atoms with Gasteiger partial charge < -0.3 is 20.1 Å². The molecule has 0 bridgehead atoms. The Morgan fingerprint density at radius 1 is 1.13 bits per heavy atom. The lowest BCUT2D eigenvalue weighted by atomic mass is 10.2. The minimum absolute atomic E-state index is 0.230. The molecule has 122 valence electrons. The van der Waals surface area contributed by atoms with E-state index in [2.05, 4.69) is 22.5 Å². The quantitative estimate of drug-likeness (QED) is 0.821. The number of rotatable bonds is 7. The SMILES string of the molecule is CCCNc1ccc(C(=O)Nc2ccc(OC)c(OC)c2)cn1. The summed E-state index contributed by atoms with van der Waals surface area (Å²) in [5.74, 6) is 1.70. The molecule has 0 aliphatic carbocycles. The van der Waals surface area contributed by atoms with Gasteiger partial charge >= 0.3 is 0 Å². The van der Waals surface area contributed by atoms with Crippen molar-refractivity contribution in [1.82, 2.24) is 4.98 Å². The van der Waals surface area contributed by atoms with E-state index in [1.807, 2.05) is 0 Å². The number of nitrogens with one attached hydrogen (secondary N) is 2. The third kappa shape index (κ3) is 4.35. The van der Waals surface area contributed by atoms with E-state index in [1.54, 1.807) is 50.7 Å². The molecule has 0 saturated heterocycles. The molecule has 0 unspecified atom stereocenters. The van der Waals surface area contributed by atoms with Gasteiger partial charge in [-0.1, -0.05) is 6.92 Å². The average Bonchev–Trinajstić information content (AvgIpc) is 2.60. The van der Waals surface area contributed by atoms with Crippen LogP contribution in [0.15, 0.2) is 36.5 Å². The molecule has 1 aromatic carbocycles. The van der Waals surface area contributed by atoms with E-state index >= 15 is 0 Å². The van der Waals surface area contributed by atoms with Crippen molar-refractivity contribution >= 4 is 17.4 Å². The highest BCUT2D eigenvalue weighted by molar-refractivity contribution is 6.04. The zero-order valence-corrected chi connectivity index (χ0v) is 13.6. The van der Waals surface area contributed by atoms with Gasteiger partial charge in [-0.25, -0.2) is 4.98 Å². The first-order valence-electron chi connectivity index (χ1n) is 7.41. The molecule has 0 atom stereocenters. The van der Waals surface area contributed by atoms with Crippen LogP contribution in [0.25, 0.3) is 0 Å². The topological polar surface area (TPSA) is 72.5 Å². The number of nitrogens with zero attached hydrogens (tertiary/aromatic N) is 1. The number of methoxy groups -OCH3 is 2. The summed E-state index contributed by atoms with van der Waals surface area (Å²) in [6.07, 6.45) is 2.57. The Bertz CT molecular complexity index is 657. The molecule has 6 heteroatoms. The fraction of sp³-hybridized carbons (Fsp3) is 0.294. The average molecular weight is 315 g/mol. The van der Waals surface area contributed by atoms with Gasteiger partial charge in [0, 0.05) is 24.5 Å². The van der Waals surface area contributed by atoms with Crippen molar-refractivity contribution in [1.29, 1.82) is 0 Å². The van der Waals surface area contributed by atoms with E-state index in [-0.39, 0.29) is 5.91 Å². The first-order chi connectivity index (χ1) is 11.2. The summed E-state index contributed by atoms with van der Waals surface area (Å²) in [6, 6.07) is 8.73. The fourth-order valence-corrected chi connectivity index (χ4v) is 2.00. The number of amides is 1. The van der Waals surface area contributed by atoms with Crippen LogP contribution in [0.5, 0.6) is 11.5 Å². The van der Waals surface area contributed by atoms with Gasteiger partial charge in [0.05, 0.1) is 19.8 Å². The summed E-state index contributed by atoms with van der Waals surface area (Å²) in [6.45, 7) is 2.93. The zero-order chi connectivity index (χ0) is 16.7. The molecule has 0 spiro atoms. The molecule has 1 aromatic heterocycles. The molecule has 23 heavy (non-hydrogen) atoms. The van der Waals surface area contributed by atoms with Crippen molar-refractivity contribution in [2.45, 2.75) is 13.3 Å². The van der Waals surface area contributed by atoms with Crippen LogP contribution in [0, 0.1) is 0 Å². The lowest BCUT2D eigenvalue weighted by molar-refractivity contribution is 0.102. The second kappa shape index (κ2) is 8.03.